The van der Waals surface area contributed by atoms with Crippen molar-refractivity contribution >= 4 is 0 Å². The van der Waals surface area contributed by atoms with Gasteiger partial charge < -0.3 is 4.74 Å². The SMILES string of the molecule is CCc1cccc(-c2ccc(OC)cc2)n1. The van der Waals surface area contributed by atoms with E-state index in [0.717, 1.165) is 29.1 Å². The van der Waals surface area contributed by atoms with E-state index in [1.165, 1.54) is 0 Å². The van der Waals surface area contributed by atoms with Gasteiger partial charge in [-0.1, -0.05) is 13.0 Å². The quantitative estimate of drug-likeness (QED) is 0.780. The van der Waals surface area contributed by atoms with Gasteiger partial charge in [0.05, 0.1) is 12.8 Å². The third kappa shape index (κ3) is 2.22. The van der Waals surface area contributed by atoms with Crippen LogP contribution in [-0.2, 0) is 6.42 Å². The number of aromatic nitrogens is 1. The minimum absolute atomic E-state index is 0.871. The summed E-state index contributed by atoms with van der Waals surface area (Å²) in [6, 6.07) is 14.1. The molecule has 2 aromatic rings. The average molecular weight is 213 g/mol. The van der Waals surface area contributed by atoms with Gasteiger partial charge in [0.25, 0.3) is 0 Å². The van der Waals surface area contributed by atoms with Gasteiger partial charge >= 0.3 is 0 Å². The number of rotatable bonds is 3. The highest BCUT2D eigenvalue weighted by Gasteiger charge is 2.00. The molecule has 0 bridgehead atoms. The minimum atomic E-state index is 0.871. The van der Waals surface area contributed by atoms with Crippen molar-refractivity contribution in [3.63, 3.8) is 0 Å². The number of benzene rings is 1. The number of aryl methyl sites for hydroxylation is 1. The molecule has 0 saturated carbocycles. The Morgan fingerprint density at radius 1 is 1.06 bits per heavy atom. The van der Waals surface area contributed by atoms with Crippen LogP contribution in [-0.4, -0.2) is 12.1 Å². The Kier molecular flexibility index (Phi) is 3.20. The number of hydrogen-bond acceptors (Lipinski definition) is 2. The average Bonchev–Trinajstić information content (AvgIpc) is 2.39. The molecule has 2 rings (SSSR count). The second kappa shape index (κ2) is 4.79. The van der Waals surface area contributed by atoms with Crippen LogP contribution >= 0.6 is 0 Å². The zero-order valence-electron chi connectivity index (χ0n) is 9.60. The van der Waals surface area contributed by atoms with Gasteiger partial charge in [0.2, 0.25) is 0 Å². The van der Waals surface area contributed by atoms with Crippen molar-refractivity contribution in [1.82, 2.24) is 4.98 Å². The normalized spacial score (nSPS) is 10.1. The molecule has 0 fully saturated rings. The summed E-state index contributed by atoms with van der Waals surface area (Å²) < 4.78 is 5.13. The van der Waals surface area contributed by atoms with E-state index in [2.05, 4.69) is 11.9 Å². The van der Waals surface area contributed by atoms with Crippen molar-refractivity contribution in [2.45, 2.75) is 13.3 Å². The Hall–Kier alpha value is -1.83. The lowest BCUT2D eigenvalue weighted by atomic mass is 10.1. The summed E-state index contributed by atoms with van der Waals surface area (Å²) in [5.41, 5.74) is 3.26. The van der Waals surface area contributed by atoms with Crippen molar-refractivity contribution in [3.05, 3.63) is 48.2 Å². The molecular weight excluding hydrogens is 198 g/mol. The molecule has 0 N–H and O–H groups in total. The number of methoxy groups -OCH3 is 1. The first-order chi connectivity index (χ1) is 7.83. The molecule has 1 aromatic heterocycles. The van der Waals surface area contributed by atoms with Crippen LogP contribution in [0.15, 0.2) is 42.5 Å². The Bertz CT molecular complexity index is 462. The molecule has 2 heteroatoms. The standard InChI is InChI=1S/C14H15NO/c1-3-12-5-4-6-14(15-12)11-7-9-13(16-2)10-8-11/h4-10H,3H2,1-2H3. The predicted molar refractivity (Wildman–Crippen MR) is 65.6 cm³/mol. The van der Waals surface area contributed by atoms with E-state index in [0.29, 0.717) is 0 Å². The maximum absolute atomic E-state index is 5.13. The minimum Gasteiger partial charge on any atom is -0.497 e. The van der Waals surface area contributed by atoms with E-state index < -0.39 is 0 Å². The molecule has 1 aromatic carbocycles. The van der Waals surface area contributed by atoms with Crippen LogP contribution in [0, 0.1) is 0 Å². The molecule has 0 saturated heterocycles. The van der Waals surface area contributed by atoms with Crippen LogP contribution in [0.1, 0.15) is 12.6 Å². The fourth-order valence-electron chi connectivity index (χ4n) is 1.60. The molecule has 0 atom stereocenters. The summed E-state index contributed by atoms with van der Waals surface area (Å²) in [6.07, 6.45) is 0.962. The lowest BCUT2D eigenvalue weighted by Crippen LogP contribution is -1.90. The Morgan fingerprint density at radius 2 is 1.81 bits per heavy atom. The monoisotopic (exact) mass is 213 g/mol. The fraction of sp³-hybridized carbons (Fsp3) is 0.214. The van der Waals surface area contributed by atoms with Gasteiger partial charge in [-0.2, -0.15) is 0 Å². The van der Waals surface area contributed by atoms with Gasteiger partial charge in [-0.3, -0.25) is 4.98 Å². The first kappa shape index (κ1) is 10.7. The maximum atomic E-state index is 5.13. The van der Waals surface area contributed by atoms with Crippen LogP contribution in [0.25, 0.3) is 11.3 Å². The molecule has 2 nitrogen and oxygen atoms in total. The molecule has 0 aliphatic rings. The van der Waals surface area contributed by atoms with E-state index in [4.69, 9.17) is 4.74 Å². The van der Waals surface area contributed by atoms with E-state index in [1.54, 1.807) is 7.11 Å². The first-order valence-corrected chi connectivity index (χ1v) is 5.44. The summed E-state index contributed by atoms with van der Waals surface area (Å²) >= 11 is 0. The highest BCUT2D eigenvalue weighted by atomic mass is 16.5. The van der Waals surface area contributed by atoms with Gasteiger partial charge in [-0.05, 0) is 42.8 Å². The van der Waals surface area contributed by atoms with Crippen LogP contribution in [0.2, 0.25) is 0 Å². The molecule has 0 aliphatic heterocycles. The molecule has 0 radical (unpaired) electrons. The van der Waals surface area contributed by atoms with E-state index in [1.807, 2.05) is 42.5 Å². The molecule has 0 amide bonds. The third-order valence-electron chi connectivity index (χ3n) is 2.55. The van der Waals surface area contributed by atoms with E-state index >= 15 is 0 Å². The highest BCUT2D eigenvalue weighted by Crippen LogP contribution is 2.20. The number of ether oxygens (including phenoxy) is 1. The van der Waals surface area contributed by atoms with Crippen molar-refractivity contribution in [2.75, 3.05) is 7.11 Å². The molecule has 1 heterocycles. The summed E-state index contributed by atoms with van der Waals surface area (Å²) in [4.78, 5) is 4.58. The van der Waals surface area contributed by atoms with Crippen LogP contribution < -0.4 is 4.74 Å². The molecular formula is C14H15NO. The van der Waals surface area contributed by atoms with Gasteiger partial charge in [0.1, 0.15) is 5.75 Å². The maximum Gasteiger partial charge on any atom is 0.118 e. The second-order valence-corrected chi connectivity index (χ2v) is 3.60. The lowest BCUT2D eigenvalue weighted by molar-refractivity contribution is 0.415. The van der Waals surface area contributed by atoms with Crippen molar-refractivity contribution < 1.29 is 4.74 Å². The Balaban J connectivity index is 2.34. The van der Waals surface area contributed by atoms with Gasteiger partial charge in [0, 0.05) is 11.3 Å². The molecule has 82 valence electrons. The number of pyridine rings is 1. The zero-order chi connectivity index (χ0) is 11.4. The molecule has 0 unspecified atom stereocenters. The lowest BCUT2D eigenvalue weighted by Gasteiger charge is -2.04. The van der Waals surface area contributed by atoms with Gasteiger partial charge in [-0.15, -0.1) is 0 Å². The summed E-state index contributed by atoms with van der Waals surface area (Å²) in [5, 5.41) is 0. The third-order valence-corrected chi connectivity index (χ3v) is 2.55. The number of nitrogens with zero attached hydrogens (tertiary/aromatic N) is 1. The fourth-order valence-corrected chi connectivity index (χ4v) is 1.60. The summed E-state index contributed by atoms with van der Waals surface area (Å²) in [7, 11) is 1.67. The largest absolute Gasteiger partial charge is 0.497 e. The predicted octanol–water partition coefficient (Wildman–Crippen LogP) is 3.32. The van der Waals surface area contributed by atoms with Gasteiger partial charge in [0.15, 0.2) is 0 Å². The Morgan fingerprint density at radius 3 is 2.44 bits per heavy atom. The summed E-state index contributed by atoms with van der Waals surface area (Å²) in [5.74, 6) is 0.871. The number of hydrogen-bond donors (Lipinski definition) is 0. The van der Waals surface area contributed by atoms with E-state index in [-0.39, 0.29) is 0 Å². The van der Waals surface area contributed by atoms with Crippen LogP contribution in [0.4, 0.5) is 0 Å². The zero-order valence-corrected chi connectivity index (χ0v) is 9.60. The topological polar surface area (TPSA) is 22.1 Å². The van der Waals surface area contributed by atoms with Crippen LogP contribution in [0.5, 0.6) is 5.75 Å². The second-order valence-electron chi connectivity index (χ2n) is 3.60. The highest BCUT2D eigenvalue weighted by molar-refractivity contribution is 5.60. The molecule has 0 aliphatic carbocycles. The molecule has 0 spiro atoms. The summed E-state index contributed by atoms with van der Waals surface area (Å²) in [6.45, 7) is 2.11. The smallest absolute Gasteiger partial charge is 0.118 e. The van der Waals surface area contributed by atoms with Crippen molar-refractivity contribution in [3.8, 4) is 17.0 Å². The van der Waals surface area contributed by atoms with Crippen LogP contribution in [0.3, 0.4) is 0 Å². The van der Waals surface area contributed by atoms with Gasteiger partial charge in [-0.25, -0.2) is 0 Å². The van der Waals surface area contributed by atoms with E-state index in [9.17, 15) is 0 Å². The molecule has 16 heavy (non-hydrogen) atoms. The first-order valence-electron chi connectivity index (χ1n) is 5.44. The Labute approximate surface area is 95.9 Å². The van der Waals surface area contributed by atoms with Crippen molar-refractivity contribution in [1.29, 1.82) is 0 Å². The van der Waals surface area contributed by atoms with Crippen molar-refractivity contribution in [2.24, 2.45) is 0 Å².